The van der Waals surface area contributed by atoms with E-state index in [0.29, 0.717) is 5.39 Å². The van der Waals surface area contributed by atoms with Crippen LogP contribution in [0.5, 0.6) is 11.5 Å². The Morgan fingerprint density at radius 3 is 2.43 bits per heavy atom. The lowest BCUT2D eigenvalue weighted by atomic mass is 10.1. The maximum absolute atomic E-state index is 12.7. The van der Waals surface area contributed by atoms with E-state index in [1.807, 2.05) is 0 Å². The van der Waals surface area contributed by atoms with Crippen molar-refractivity contribution in [2.45, 2.75) is 25.7 Å². The minimum absolute atomic E-state index is 0.132. The summed E-state index contributed by atoms with van der Waals surface area (Å²) in [7, 11) is -3.86. The number of nitrogens with zero attached hydrogens (tertiary/aromatic N) is 2. The Bertz CT molecular complexity index is 1280. The molecule has 0 aliphatic heterocycles. The number of benzene rings is 2. The van der Waals surface area contributed by atoms with Crippen LogP contribution in [0.4, 0.5) is 5.69 Å². The standard InChI is InChI=1S/C20H20N2O7S/c1-4-21(5-2)30(26,27)15-7-9-18(17(12-15)22(24)25)28-14-6-8-16-13(3)10-20(23)29-19(16)11-14/h6-12H,4-5H2,1-3H3. The number of sulfonamides is 1. The highest BCUT2D eigenvalue weighted by atomic mass is 32.2. The van der Waals surface area contributed by atoms with Crippen LogP contribution in [0.15, 0.2) is 56.6 Å². The molecule has 2 aromatic carbocycles. The molecule has 0 saturated carbocycles. The van der Waals surface area contributed by atoms with Gasteiger partial charge in [-0.05, 0) is 36.8 Å². The molecule has 0 unspecified atom stereocenters. The molecule has 0 fully saturated rings. The summed E-state index contributed by atoms with van der Waals surface area (Å²) in [6.45, 7) is 5.62. The molecule has 0 saturated heterocycles. The maximum Gasteiger partial charge on any atom is 0.336 e. The van der Waals surface area contributed by atoms with Crippen molar-refractivity contribution in [3.63, 3.8) is 0 Å². The van der Waals surface area contributed by atoms with Crippen molar-refractivity contribution >= 4 is 26.7 Å². The first-order valence-electron chi connectivity index (χ1n) is 9.18. The molecular formula is C20H20N2O7S. The normalized spacial score (nSPS) is 11.7. The van der Waals surface area contributed by atoms with Gasteiger partial charge >= 0.3 is 11.3 Å². The molecule has 1 aromatic heterocycles. The average Bonchev–Trinajstić information content (AvgIpc) is 2.68. The number of nitro groups is 1. The summed E-state index contributed by atoms with van der Waals surface area (Å²) in [6, 6.07) is 9.56. The maximum atomic E-state index is 12.7. The lowest BCUT2D eigenvalue weighted by Gasteiger charge is -2.18. The van der Waals surface area contributed by atoms with Crippen LogP contribution in [-0.2, 0) is 10.0 Å². The van der Waals surface area contributed by atoms with Crippen molar-refractivity contribution in [2.24, 2.45) is 0 Å². The molecule has 0 radical (unpaired) electrons. The molecule has 158 valence electrons. The Morgan fingerprint density at radius 2 is 1.80 bits per heavy atom. The Hall–Kier alpha value is -3.24. The first-order chi connectivity index (χ1) is 14.2. The van der Waals surface area contributed by atoms with Gasteiger partial charge < -0.3 is 9.15 Å². The molecule has 3 aromatic rings. The first-order valence-corrected chi connectivity index (χ1v) is 10.6. The van der Waals surface area contributed by atoms with Crippen molar-refractivity contribution < 1.29 is 22.5 Å². The van der Waals surface area contributed by atoms with Gasteiger partial charge in [-0.3, -0.25) is 10.1 Å². The quantitative estimate of drug-likeness (QED) is 0.316. The van der Waals surface area contributed by atoms with E-state index in [9.17, 15) is 23.3 Å². The summed E-state index contributed by atoms with van der Waals surface area (Å²) in [5.74, 6) is 0.0755. The zero-order valence-electron chi connectivity index (χ0n) is 16.6. The summed E-state index contributed by atoms with van der Waals surface area (Å²) in [5, 5.41) is 12.3. The number of nitro benzene ring substituents is 1. The van der Waals surface area contributed by atoms with E-state index in [2.05, 4.69) is 0 Å². The number of hydrogen-bond donors (Lipinski definition) is 0. The molecule has 0 N–H and O–H groups in total. The first kappa shape index (κ1) is 21.5. The fourth-order valence-corrected chi connectivity index (χ4v) is 4.57. The lowest BCUT2D eigenvalue weighted by Crippen LogP contribution is -2.30. The molecule has 0 amide bonds. The van der Waals surface area contributed by atoms with Crippen LogP contribution in [0.2, 0.25) is 0 Å². The zero-order chi connectivity index (χ0) is 22.1. The summed E-state index contributed by atoms with van der Waals surface area (Å²) >= 11 is 0. The Balaban J connectivity index is 2.04. The highest BCUT2D eigenvalue weighted by molar-refractivity contribution is 7.89. The van der Waals surface area contributed by atoms with Gasteiger partial charge in [0.2, 0.25) is 15.8 Å². The van der Waals surface area contributed by atoms with Crippen molar-refractivity contribution in [1.82, 2.24) is 4.31 Å². The fraction of sp³-hybridized carbons (Fsp3) is 0.250. The molecule has 0 atom stereocenters. The van der Waals surface area contributed by atoms with E-state index in [1.54, 1.807) is 32.9 Å². The fourth-order valence-electron chi connectivity index (χ4n) is 3.09. The summed E-state index contributed by atoms with van der Waals surface area (Å²) in [5.41, 5.74) is -0.00579. The summed E-state index contributed by atoms with van der Waals surface area (Å²) < 4.78 is 37.3. The van der Waals surface area contributed by atoms with E-state index >= 15 is 0 Å². The van der Waals surface area contributed by atoms with Gasteiger partial charge in [-0.25, -0.2) is 13.2 Å². The van der Waals surface area contributed by atoms with Crippen molar-refractivity contribution in [2.75, 3.05) is 13.1 Å². The van der Waals surface area contributed by atoms with Crippen LogP contribution >= 0.6 is 0 Å². The van der Waals surface area contributed by atoms with Crippen LogP contribution in [-0.4, -0.2) is 30.7 Å². The average molecular weight is 432 g/mol. The van der Waals surface area contributed by atoms with Gasteiger partial charge in [0.15, 0.2) is 0 Å². The molecule has 9 nitrogen and oxygen atoms in total. The van der Waals surface area contributed by atoms with Crippen LogP contribution in [0.25, 0.3) is 11.0 Å². The van der Waals surface area contributed by atoms with Crippen molar-refractivity contribution in [1.29, 1.82) is 0 Å². The van der Waals surface area contributed by atoms with E-state index in [0.717, 1.165) is 11.6 Å². The molecule has 1 heterocycles. The summed E-state index contributed by atoms with van der Waals surface area (Å²) in [4.78, 5) is 22.3. The van der Waals surface area contributed by atoms with E-state index < -0.39 is 26.3 Å². The monoisotopic (exact) mass is 432 g/mol. The van der Waals surface area contributed by atoms with E-state index in [1.165, 1.54) is 28.6 Å². The zero-order valence-corrected chi connectivity index (χ0v) is 17.4. The minimum Gasteiger partial charge on any atom is -0.450 e. The third-order valence-electron chi connectivity index (χ3n) is 4.62. The Morgan fingerprint density at radius 1 is 1.10 bits per heavy atom. The predicted molar refractivity (Wildman–Crippen MR) is 110 cm³/mol. The number of fused-ring (bicyclic) bond motifs is 1. The molecular weight excluding hydrogens is 412 g/mol. The number of ether oxygens (including phenoxy) is 1. The minimum atomic E-state index is -3.86. The third-order valence-corrected chi connectivity index (χ3v) is 6.67. The summed E-state index contributed by atoms with van der Waals surface area (Å²) in [6.07, 6.45) is 0. The Labute approximate surface area is 172 Å². The number of rotatable bonds is 7. The molecule has 0 bridgehead atoms. The van der Waals surface area contributed by atoms with E-state index in [-0.39, 0.29) is 35.1 Å². The van der Waals surface area contributed by atoms with Gasteiger partial charge in [0, 0.05) is 36.7 Å². The van der Waals surface area contributed by atoms with E-state index in [4.69, 9.17) is 9.15 Å². The van der Waals surface area contributed by atoms with Gasteiger partial charge in [-0.15, -0.1) is 0 Å². The molecule has 0 aliphatic rings. The van der Waals surface area contributed by atoms with Gasteiger partial charge in [0.25, 0.3) is 0 Å². The van der Waals surface area contributed by atoms with Crippen molar-refractivity contribution in [3.8, 4) is 11.5 Å². The topological polar surface area (TPSA) is 120 Å². The van der Waals surface area contributed by atoms with Gasteiger partial charge in [0.1, 0.15) is 11.3 Å². The van der Waals surface area contributed by atoms with Crippen LogP contribution in [0.3, 0.4) is 0 Å². The molecule has 10 heteroatoms. The predicted octanol–water partition coefficient (Wildman–Crippen LogP) is 3.83. The van der Waals surface area contributed by atoms with Crippen LogP contribution in [0, 0.1) is 17.0 Å². The second-order valence-electron chi connectivity index (χ2n) is 6.48. The number of hydrogen-bond acceptors (Lipinski definition) is 7. The second kappa shape index (κ2) is 8.25. The lowest BCUT2D eigenvalue weighted by molar-refractivity contribution is -0.385. The van der Waals surface area contributed by atoms with Crippen LogP contribution < -0.4 is 10.4 Å². The van der Waals surface area contributed by atoms with Gasteiger partial charge in [-0.1, -0.05) is 13.8 Å². The highest BCUT2D eigenvalue weighted by Crippen LogP contribution is 2.35. The largest absolute Gasteiger partial charge is 0.450 e. The van der Waals surface area contributed by atoms with Gasteiger partial charge in [-0.2, -0.15) is 4.31 Å². The Kier molecular flexibility index (Phi) is 5.90. The van der Waals surface area contributed by atoms with Crippen LogP contribution in [0.1, 0.15) is 19.4 Å². The molecule has 0 aliphatic carbocycles. The smallest absolute Gasteiger partial charge is 0.336 e. The third kappa shape index (κ3) is 4.05. The van der Waals surface area contributed by atoms with Gasteiger partial charge in [0.05, 0.1) is 9.82 Å². The SMILES string of the molecule is CCN(CC)S(=O)(=O)c1ccc(Oc2ccc3c(C)cc(=O)oc3c2)c([N+](=O)[O-])c1. The highest BCUT2D eigenvalue weighted by Gasteiger charge is 2.26. The molecule has 0 spiro atoms. The number of aryl methyl sites for hydroxylation is 1. The van der Waals surface area contributed by atoms with Crippen molar-refractivity contribution in [3.05, 3.63) is 68.6 Å². The second-order valence-corrected chi connectivity index (χ2v) is 8.42. The molecule has 3 rings (SSSR count). The molecule has 30 heavy (non-hydrogen) atoms.